The molecule has 6 heteroatoms. The molecule has 0 unspecified atom stereocenters. The van der Waals surface area contributed by atoms with E-state index in [1.807, 2.05) is 37.3 Å². The molecule has 3 heterocycles. The lowest BCUT2D eigenvalue weighted by Gasteiger charge is -2.30. The van der Waals surface area contributed by atoms with Crippen molar-refractivity contribution in [3.8, 4) is 0 Å². The van der Waals surface area contributed by atoms with Crippen LogP contribution in [0.4, 0.5) is 17.6 Å². The van der Waals surface area contributed by atoms with Gasteiger partial charge in [-0.15, -0.1) is 0 Å². The number of aromatic amines is 1. The van der Waals surface area contributed by atoms with E-state index in [1.54, 1.807) is 0 Å². The summed E-state index contributed by atoms with van der Waals surface area (Å²) >= 11 is 0. The van der Waals surface area contributed by atoms with Gasteiger partial charge < -0.3 is 10.2 Å². The maximum absolute atomic E-state index is 4.81. The fourth-order valence-electron chi connectivity index (χ4n) is 3.12. The first-order valence-electron chi connectivity index (χ1n) is 8.50. The number of piperidine rings is 1. The number of para-hydroxylation sites is 1. The number of hydrogen-bond donors (Lipinski definition) is 2. The molecule has 1 aromatic carbocycles. The number of anilines is 3. The van der Waals surface area contributed by atoms with E-state index in [0.29, 0.717) is 0 Å². The number of benzene rings is 1. The molecular weight excluding hydrogens is 300 g/mol. The zero-order valence-corrected chi connectivity index (χ0v) is 14.1. The lowest BCUT2D eigenvalue weighted by Crippen LogP contribution is -2.34. The first-order valence-corrected chi connectivity index (χ1v) is 8.50. The maximum Gasteiger partial charge on any atom is 0.227 e. The monoisotopic (exact) mass is 322 g/mol. The third-order valence-corrected chi connectivity index (χ3v) is 4.62. The minimum absolute atomic E-state index is 0.785. The number of nitrogens with zero attached hydrogens (tertiary/aromatic N) is 4. The SMILES string of the molecule is Cc1cc(Nc2nc(N3CCC(C)CC3)nc3ccccc23)[nH]n1. The van der Waals surface area contributed by atoms with Crippen LogP contribution in [-0.2, 0) is 0 Å². The van der Waals surface area contributed by atoms with Gasteiger partial charge in [-0.3, -0.25) is 5.10 Å². The van der Waals surface area contributed by atoms with Gasteiger partial charge >= 0.3 is 0 Å². The average Bonchev–Trinajstić information content (AvgIpc) is 3.00. The van der Waals surface area contributed by atoms with Crippen LogP contribution >= 0.6 is 0 Å². The maximum atomic E-state index is 4.81. The number of aryl methyl sites for hydroxylation is 1. The van der Waals surface area contributed by atoms with Gasteiger partial charge in [0.25, 0.3) is 0 Å². The standard InChI is InChI=1S/C18H22N6/c1-12-7-9-24(10-8-12)18-19-15-6-4-3-5-14(15)17(21-18)20-16-11-13(2)22-23-16/h3-6,11-12H,7-10H2,1-2H3,(H2,19,20,21,22,23). The molecule has 1 fully saturated rings. The molecule has 1 saturated heterocycles. The van der Waals surface area contributed by atoms with Crippen LogP contribution in [0, 0.1) is 12.8 Å². The van der Waals surface area contributed by atoms with Gasteiger partial charge in [0.2, 0.25) is 5.95 Å². The van der Waals surface area contributed by atoms with Crippen LogP contribution in [-0.4, -0.2) is 33.3 Å². The summed E-state index contributed by atoms with van der Waals surface area (Å²) in [4.78, 5) is 11.9. The highest BCUT2D eigenvalue weighted by Crippen LogP contribution is 2.27. The van der Waals surface area contributed by atoms with Gasteiger partial charge in [-0.1, -0.05) is 19.1 Å². The Hall–Kier alpha value is -2.63. The Morgan fingerprint density at radius 2 is 1.96 bits per heavy atom. The van der Waals surface area contributed by atoms with Crippen LogP contribution in [0.25, 0.3) is 10.9 Å². The number of H-pyrrole nitrogens is 1. The fraction of sp³-hybridized carbons (Fsp3) is 0.389. The average molecular weight is 322 g/mol. The van der Waals surface area contributed by atoms with Gasteiger partial charge in [-0.25, -0.2) is 4.98 Å². The molecule has 24 heavy (non-hydrogen) atoms. The Morgan fingerprint density at radius 3 is 2.71 bits per heavy atom. The molecule has 2 aromatic heterocycles. The number of fused-ring (bicyclic) bond motifs is 1. The summed E-state index contributed by atoms with van der Waals surface area (Å²) in [6, 6.07) is 10.1. The lowest BCUT2D eigenvalue weighted by atomic mass is 10.00. The van der Waals surface area contributed by atoms with E-state index in [9.17, 15) is 0 Å². The molecule has 0 saturated carbocycles. The van der Waals surface area contributed by atoms with Crippen molar-refractivity contribution in [1.29, 1.82) is 0 Å². The molecule has 0 bridgehead atoms. The van der Waals surface area contributed by atoms with Gasteiger partial charge in [-0.05, 0) is 37.8 Å². The van der Waals surface area contributed by atoms with Crippen molar-refractivity contribution in [1.82, 2.24) is 20.2 Å². The van der Waals surface area contributed by atoms with Crippen molar-refractivity contribution in [2.75, 3.05) is 23.3 Å². The zero-order chi connectivity index (χ0) is 16.5. The molecule has 0 radical (unpaired) electrons. The van der Waals surface area contributed by atoms with Crippen LogP contribution in [0.2, 0.25) is 0 Å². The Bertz CT molecular complexity index is 848. The number of aromatic nitrogens is 4. The zero-order valence-electron chi connectivity index (χ0n) is 14.1. The third-order valence-electron chi connectivity index (χ3n) is 4.62. The molecule has 6 nitrogen and oxygen atoms in total. The molecule has 0 amide bonds. The van der Waals surface area contributed by atoms with Gasteiger partial charge in [-0.2, -0.15) is 10.1 Å². The second-order valence-corrected chi connectivity index (χ2v) is 6.61. The number of rotatable bonds is 3. The minimum atomic E-state index is 0.785. The van der Waals surface area contributed by atoms with E-state index in [0.717, 1.165) is 53.2 Å². The normalized spacial score (nSPS) is 15.8. The lowest BCUT2D eigenvalue weighted by molar-refractivity contribution is 0.435. The molecule has 0 aliphatic carbocycles. The van der Waals surface area contributed by atoms with Crippen LogP contribution in [0.1, 0.15) is 25.5 Å². The molecule has 4 rings (SSSR count). The fourth-order valence-corrected chi connectivity index (χ4v) is 3.12. The van der Waals surface area contributed by atoms with Crippen molar-refractivity contribution >= 4 is 28.5 Å². The minimum Gasteiger partial charge on any atom is -0.341 e. The Balaban J connectivity index is 1.73. The van der Waals surface area contributed by atoms with Crippen molar-refractivity contribution in [2.24, 2.45) is 5.92 Å². The van der Waals surface area contributed by atoms with Gasteiger partial charge in [0.15, 0.2) is 0 Å². The van der Waals surface area contributed by atoms with E-state index in [2.05, 4.69) is 27.3 Å². The highest BCUT2D eigenvalue weighted by Gasteiger charge is 2.19. The van der Waals surface area contributed by atoms with Crippen LogP contribution in [0.15, 0.2) is 30.3 Å². The smallest absolute Gasteiger partial charge is 0.227 e. The summed E-state index contributed by atoms with van der Waals surface area (Å²) in [5.41, 5.74) is 1.90. The Labute approximate surface area is 141 Å². The largest absolute Gasteiger partial charge is 0.341 e. The number of hydrogen-bond acceptors (Lipinski definition) is 5. The molecule has 2 N–H and O–H groups in total. The van der Waals surface area contributed by atoms with Gasteiger partial charge in [0.05, 0.1) is 11.2 Å². The molecule has 124 valence electrons. The summed E-state index contributed by atoms with van der Waals surface area (Å²) in [5, 5.41) is 11.5. The van der Waals surface area contributed by atoms with Crippen molar-refractivity contribution in [3.05, 3.63) is 36.0 Å². The Kier molecular flexibility index (Phi) is 3.80. The van der Waals surface area contributed by atoms with Gasteiger partial charge in [0.1, 0.15) is 11.6 Å². The van der Waals surface area contributed by atoms with Crippen molar-refractivity contribution in [2.45, 2.75) is 26.7 Å². The van der Waals surface area contributed by atoms with E-state index in [-0.39, 0.29) is 0 Å². The molecule has 1 aliphatic rings. The highest BCUT2D eigenvalue weighted by atomic mass is 15.3. The van der Waals surface area contributed by atoms with Gasteiger partial charge in [0, 0.05) is 24.5 Å². The summed E-state index contributed by atoms with van der Waals surface area (Å²) in [5.74, 6) is 3.25. The highest BCUT2D eigenvalue weighted by molar-refractivity contribution is 5.91. The number of nitrogens with one attached hydrogen (secondary N) is 2. The summed E-state index contributed by atoms with van der Waals surface area (Å²) in [7, 11) is 0. The molecule has 1 aliphatic heterocycles. The van der Waals surface area contributed by atoms with Crippen LogP contribution < -0.4 is 10.2 Å². The van der Waals surface area contributed by atoms with E-state index in [4.69, 9.17) is 9.97 Å². The quantitative estimate of drug-likeness (QED) is 0.770. The first-order chi connectivity index (χ1) is 11.7. The van der Waals surface area contributed by atoms with Crippen LogP contribution in [0.5, 0.6) is 0 Å². The van der Waals surface area contributed by atoms with Crippen LogP contribution in [0.3, 0.4) is 0 Å². The van der Waals surface area contributed by atoms with E-state index < -0.39 is 0 Å². The first kappa shape index (κ1) is 14.9. The second kappa shape index (κ2) is 6.11. The predicted octanol–water partition coefficient (Wildman–Crippen LogP) is 3.64. The molecule has 0 atom stereocenters. The predicted molar refractivity (Wildman–Crippen MR) is 96.8 cm³/mol. The third kappa shape index (κ3) is 2.91. The van der Waals surface area contributed by atoms with Crippen molar-refractivity contribution < 1.29 is 0 Å². The molecule has 0 spiro atoms. The van der Waals surface area contributed by atoms with E-state index in [1.165, 1.54) is 12.8 Å². The second-order valence-electron chi connectivity index (χ2n) is 6.61. The molecule has 3 aromatic rings. The topological polar surface area (TPSA) is 69.7 Å². The van der Waals surface area contributed by atoms with Crippen molar-refractivity contribution in [3.63, 3.8) is 0 Å². The summed E-state index contributed by atoms with van der Waals surface area (Å²) in [6.45, 7) is 6.30. The summed E-state index contributed by atoms with van der Waals surface area (Å²) in [6.07, 6.45) is 2.39. The summed E-state index contributed by atoms with van der Waals surface area (Å²) < 4.78 is 0. The van der Waals surface area contributed by atoms with E-state index >= 15 is 0 Å². The Morgan fingerprint density at radius 1 is 1.17 bits per heavy atom. The molecular formula is C18H22N6.